The first-order valence-corrected chi connectivity index (χ1v) is 4.86. The number of carboxylic acid groups (broad SMARTS) is 1. The van der Waals surface area contributed by atoms with Gasteiger partial charge >= 0.3 is 6.09 Å². The minimum Gasteiger partial charge on any atom is -0.465 e. The molecule has 0 aromatic rings. The summed E-state index contributed by atoms with van der Waals surface area (Å²) in [4.78, 5) is 14.7. The minimum absolute atomic E-state index is 0.579. The highest BCUT2D eigenvalue weighted by Crippen LogP contribution is 2.29. The Hall–Kier alpha value is -0.770. The number of piperidine rings is 1. The van der Waals surface area contributed by atoms with Gasteiger partial charge in [-0.15, -0.1) is 0 Å². The van der Waals surface area contributed by atoms with E-state index in [0.717, 1.165) is 25.9 Å². The number of nitrogens with zero attached hydrogens (tertiary/aromatic N) is 2. The second-order valence-corrected chi connectivity index (χ2v) is 4.11. The number of carbonyl (C=O) groups is 1. The van der Waals surface area contributed by atoms with Crippen molar-refractivity contribution in [1.82, 2.24) is 9.80 Å². The second kappa shape index (κ2) is 3.18. The van der Waals surface area contributed by atoms with Crippen molar-refractivity contribution in [3.8, 4) is 0 Å². The van der Waals surface area contributed by atoms with Crippen molar-refractivity contribution in [2.45, 2.75) is 18.9 Å². The summed E-state index contributed by atoms with van der Waals surface area (Å²) in [5, 5.41) is 8.84. The van der Waals surface area contributed by atoms with Crippen LogP contribution < -0.4 is 0 Å². The maximum Gasteiger partial charge on any atom is 0.407 e. The Labute approximate surface area is 78.1 Å². The fourth-order valence-electron chi connectivity index (χ4n) is 2.59. The third-order valence-electron chi connectivity index (χ3n) is 3.38. The van der Waals surface area contributed by atoms with Crippen molar-refractivity contribution < 1.29 is 9.90 Å². The second-order valence-electron chi connectivity index (χ2n) is 4.11. The molecular formula is C9H16N2O2. The smallest absolute Gasteiger partial charge is 0.407 e. The number of rotatable bonds is 0. The van der Waals surface area contributed by atoms with Gasteiger partial charge in [-0.25, -0.2) is 4.79 Å². The lowest BCUT2D eigenvalue weighted by molar-refractivity contribution is 0.101. The first-order valence-electron chi connectivity index (χ1n) is 4.86. The number of hydrogen-bond acceptors (Lipinski definition) is 2. The molecule has 0 aromatic carbocycles. The Bertz CT molecular complexity index is 220. The SMILES string of the molecule is CN1CCC2CN(C(=O)O)CCC21. The largest absolute Gasteiger partial charge is 0.465 e. The van der Waals surface area contributed by atoms with E-state index in [1.807, 2.05) is 0 Å². The number of hydrogen-bond donors (Lipinski definition) is 1. The highest BCUT2D eigenvalue weighted by molar-refractivity contribution is 5.65. The van der Waals surface area contributed by atoms with E-state index in [2.05, 4.69) is 11.9 Å². The molecule has 1 amide bonds. The summed E-state index contributed by atoms with van der Waals surface area (Å²) >= 11 is 0. The summed E-state index contributed by atoms with van der Waals surface area (Å²) in [7, 11) is 2.14. The molecule has 74 valence electrons. The lowest BCUT2D eigenvalue weighted by Crippen LogP contribution is -2.46. The van der Waals surface area contributed by atoms with Gasteiger partial charge in [-0.2, -0.15) is 0 Å². The topological polar surface area (TPSA) is 43.8 Å². The van der Waals surface area contributed by atoms with Crippen molar-refractivity contribution in [1.29, 1.82) is 0 Å². The summed E-state index contributed by atoms with van der Waals surface area (Å²) in [5.41, 5.74) is 0. The van der Waals surface area contributed by atoms with Gasteiger partial charge in [0, 0.05) is 19.1 Å². The zero-order valence-corrected chi connectivity index (χ0v) is 7.94. The lowest BCUT2D eigenvalue weighted by Gasteiger charge is -2.35. The van der Waals surface area contributed by atoms with Gasteiger partial charge in [0.15, 0.2) is 0 Å². The van der Waals surface area contributed by atoms with Crippen molar-refractivity contribution in [3.63, 3.8) is 0 Å². The quantitative estimate of drug-likeness (QED) is 0.602. The Morgan fingerprint density at radius 3 is 2.85 bits per heavy atom. The van der Waals surface area contributed by atoms with Crippen LogP contribution in [0, 0.1) is 5.92 Å². The minimum atomic E-state index is -0.756. The molecule has 2 atom stereocenters. The molecule has 2 rings (SSSR count). The molecule has 2 aliphatic rings. The van der Waals surface area contributed by atoms with Crippen LogP contribution in [0.2, 0.25) is 0 Å². The van der Waals surface area contributed by atoms with Crippen LogP contribution in [0.5, 0.6) is 0 Å². The highest BCUT2D eigenvalue weighted by Gasteiger charge is 2.37. The van der Waals surface area contributed by atoms with Crippen molar-refractivity contribution >= 4 is 6.09 Å². The van der Waals surface area contributed by atoms with Crippen molar-refractivity contribution in [2.75, 3.05) is 26.7 Å². The normalized spacial score (nSPS) is 34.7. The van der Waals surface area contributed by atoms with Gasteiger partial charge in [0.2, 0.25) is 0 Å². The van der Waals surface area contributed by atoms with E-state index >= 15 is 0 Å². The predicted octanol–water partition coefficient (Wildman–Crippen LogP) is 0.690. The Balaban J connectivity index is 1.99. The van der Waals surface area contributed by atoms with Crippen LogP contribution in [0.25, 0.3) is 0 Å². The van der Waals surface area contributed by atoms with Crippen LogP contribution in [0.4, 0.5) is 4.79 Å². The van der Waals surface area contributed by atoms with E-state index in [9.17, 15) is 4.79 Å². The van der Waals surface area contributed by atoms with Gasteiger partial charge in [0.05, 0.1) is 0 Å². The molecule has 0 radical (unpaired) electrons. The average molecular weight is 184 g/mol. The van der Waals surface area contributed by atoms with Crippen molar-refractivity contribution in [3.05, 3.63) is 0 Å². The van der Waals surface area contributed by atoms with Crippen LogP contribution in [0.15, 0.2) is 0 Å². The van der Waals surface area contributed by atoms with Gasteiger partial charge in [-0.3, -0.25) is 0 Å². The van der Waals surface area contributed by atoms with Crippen molar-refractivity contribution in [2.24, 2.45) is 5.92 Å². The van der Waals surface area contributed by atoms with E-state index in [-0.39, 0.29) is 0 Å². The van der Waals surface area contributed by atoms with Gasteiger partial charge in [0.1, 0.15) is 0 Å². The molecule has 2 heterocycles. The molecule has 1 N–H and O–H groups in total. The van der Waals surface area contributed by atoms with Crippen LogP contribution >= 0.6 is 0 Å². The Morgan fingerprint density at radius 2 is 2.15 bits per heavy atom. The standard InChI is InChI=1S/C9H16N2O2/c1-10-4-2-7-6-11(9(12)13)5-3-8(7)10/h7-8H,2-6H2,1H3,(H,12,13). The third-order valence-corrected chi connectivity index (χ3v) is 3.38. The van der Waals surface area contributed by atoms with E-state index in [1.54, 1.807) is 4.90 Å². The fraction of sp³-hybridized carbons (Fsp3) is 0.889. The van der Waals surface area contributed by atoms with Crippen LogP contribution in [0.1, 0.15) is 12.8 Å². The zero-order valence-electron chi connectivity index (χ0n) is 7.94. The molecule has 2 unspecified atom stereocenters. The lowest BCUT2D eigenvalue weighted by atomic mass is 9.93. The molecule has 2 saturated heterocycles. The molecule has 4 heteroatoms. The average Bonchev–Trinajstić information content (AvgIpc) is 2.47. The number of likely N-dealkylation sites (tertiary alicyclic amines) is 2. The summed E-state index contributed by atoms with van der Waals surface area (Å²) in [6.45, 7) is 2.58. The Morgan fingerprint density at radius 1 is 1.38 bits per heavy atom. The molecule has 0 bridgehead atoms. The molecule has 0 aromatic heterocycles. The molecule has 2 fully saturated rings. The van der Waals surface area contributed by atoms with Gasteiger partial charge in [-0.1, -0.05) is 0 Å². The van der Waals surface area contributed by atoms with Gasteiger partial charge in [-0.05, 0) is 32.4 Å². The molecule has 13 heavy (non-hydrogen) atoms. The molecule has 2 aliphatic heterocycles. The summed E-state index contributed by atoms with van der Waals surface area (Å²) in [6, 6.07) is 0.635. The predicted molar refractivity (Wildman–Crippen MR) is 48.7 cm³/mol. The molecular weight excluding hydrogens is 168 g/mol. The Kier molecular flexibility index (Phi) is 2.15. The third kappa shape index (κ3) is 1.50. The van der Waals surface area contributed by atoms with Crippen LogP contribution in [-0.2, 0) is 0 Å². The van der Waals surface area contributed by atoms with Gasteiger partial charge < -0.3 is 14.9 Å². The first kappa shape index (κ1) is 8.81. The molecule has 0 aliphatic carbocycles. The highest BCUT2D eigenvalue weighted by atomic mass is 16.4. The summed E-state index contributed by atoms with van der Waals surface area (Å²) in [5.74, 6) is 0.579. The molecule has 4 nitrogen and oxygen atoms in total. The van der Waals surface area contributed by atoms with E-state index < -0.39 is 6.09 Å². The van der Waals surface area contributed by atoms with Crippen LogP contribution in [-0.4, -0.2) is 53.7 Å². The molecule has 0 saturated carbocycles. The summed E-state index contributed by atoms with van der Waals surface area (Å²) < 4.78 is 0. The van der Waals surface area contributed by atoms with E-state index in [0.29, 0.717) is 18.5 Å². The van der Waals surface area contributed by atoms with E-state index in [1.165, 1.54) is 0 Å². The number of fused-ring (bicyclic) bond motifs is 1. The maximum atomic E-state index is 10.7. The molecule has 0 spiro atoms. The monoisotopic (exact) mass is 184 g/mol. The van der Waals surface area contributed by atoms with Crippen LogP contribution in [0.3, 0.4) is 0 Å². The van der Waals surface area contributed by atoms with E-state index in [4.69, 9.17) is 5.11 Å². The maximum absolute atomic E-state index is 10.7. The van der Waals surface area contributed by atoms with Gasteiger partial charge in [0.25, 0.3) is 0 Å². The zero-order chi connectivity index (χ0) is 9.42. The first-order chi connectivity index (χ1) is 6.18. The number of amides is 1. The fourth-order valence-corrected chi connectivity index (χ4v) is 2.59. The summed E-state index contributed by atoms with van der Waals surface area (Å²) in [6.07, 6.45) is 1.41.